The fraction of sp³-hybridized carbons (Fsp3) is 0.800. The van der Waals surface area contributed by atoms with Gasteiger partial charge in [-0.3, -0.25) is 0 Å². The molecule has 0 atom stereocenters. The highest BCUT2D eigenvalue weighted by Crippen LogP contribution is 2.21. The first kappa shape index (κ1) is 17.2. The van der Waals surface area contributed by atoms with E-state index in [1.807, 2.05) is 20.8 Å². The molecule has 2 N–H and O–H groups in total. The molecule has 0 radical (unpaired) electrons. The van der Waals surface area contributed by atoms with Crippen LogP contribution < -0.4 is 5.73 Å². The predicted molar refractivity (Wildman–Crippen MR) is 76.2 cm³/mol. The molecule has 3 heteroatoms. The van der Waals surface area contributed by atoms with Crippen LogP contribution in [0.25, 0.3) is 0 Å². The molecule has 0 unspecified atom stereocenters. The highest BCUT2D eigenvalue weighted by atomic mass is 16.5. The smallest absolute Gasteiger partial charge is 0.333 e. The maximum absolute atomic E-state index is 11.9. The van der Waals surface area contributed by atoms with Crippen molar-refractivity contribution in [2.45, 2.75) is 53.9 Å². The van der Waals surface area contributed by atoms with Gasteiger partial charge in [0.15, 0.2) is 0 Å². The molecule has 0 rings (SSSR count). The van der Waals surface area contributed by atoms with E-state index in [-0.39, 0.29) is 5.97 Å². The van der Waals surface area contributed by atoms with Crippen LogP contribution in [0.4, 0.5) is 0 Å². The molecular weight excluding hydrogens is 226 g/mol. The number of nitrogens with two attached hydrogens (primary N) is 1. The van der Waals surface area contributed by atoms with Gasteiger partial charge in [0.1, 0.15) is 0 Å². The molecule has 0 bridgehead atoms. The van der Waals surface area contributed by atoms with Gasteiger partial charge in [-0.05, 0) is 44.6 Å². The summed E-state index contributed by atoms with van der Waals surface area (Å²) in [4.78, 5) is 11.9. The van der Waals surface area contributed by atoms with Crippen molar-refractivity contribution in [1.29, 1.82) is 0 Å². The molecule has 0 heterocycles. The quantitative estimate of drug-likeness (QED) is 0.535. The zero-order valence-corrected chi connectivity index (χ0v) is 12.6. The first-order valence-electron chi connectivity index (χ1n) is 6.94. The van der Waals surface area contributed by atoms with Crippen LogP contribution in [0.15, 0.2) is 11.1 Å². The van der Waals surface area contributed by atoms with Crippen molar-refractivity contribution in [3.8, 4) is 0 Å². The Labute approximate surface area is 112 Å². The van der Waals surface area contributed by atoms with Crippen LogP contribution in [0.2, 0.25) is 0 Å². The zero-order valence-electron chi connectivity index (χ0n) is 12.6. The molecule has 0 aliphatic heterocycles. The fourth-order valence-electron chi connectivity index (χ4n) is 1.75. The Morgan fingerprint density at radius 2 is 1.78 bits per heavy atom. The molecule has 0 saturated heterocycles. The molecule has 0 aromatic heterocycles. The Hall–Kier alpha value is -0.830. The van der Waals surface area contributed by atoms with Crippen molar-refractivity contribution in [2.24, 2.45) is 17.6 Å². The average Bonchev–Trinajstić information content (AvgIpc) is 2.29. The standard InChI is InChI=1S/C15H29NO2/c1-11(2)9-14(7-6-8-16)13(5)15(17)18-10-12(3)4/h11-12H,6-10,16H2,1-5H3. The van der Waals surface area contributed by atoms with E-state index in [0.717, 1.165) is 24.8 Å². The van der Waals surface area contributed by atoms with Gasteiger partial charge in [0.05, 0.1) is 6.61 Å². The summed E-state index contributed by atoms with van der Waals surface area (Å²) in [6.45, 7) is 11.4. The van der Waals surface area contributed by atoms with Crippen molar-refractivity contribution >= 4 is 5.97 Å². The van der Waals surface area contributed by atoms with Gasteiger partial charge in [-0.2, -0.15) is 0 Å². The van der Waals surface area contributed by atoms with E-state index in [2.05, 4.69) is 13.8 Å². The van der Waals surface area contributed by atoms with Crippen molar-refractivity contribution in [2.75, 3.05) is 13.2 Å². The topological polar surface area (TPSA) is 52.3 Å². The van der Waals surface area contributed by atoms with Crippen LogP contribution in [0, 0.1) is 11.8 Å². The molecule has 0 spiro atoms. The molecule has 0 fully saturated rings. The molecule has 0 aromatic rings. The van der Waals surface area contributed by atoms with Crippen LogP contribution in [0.3, 0.4) is 0 Å². The average molecular weight is 255 g/mol. The number of hydrogen-bond acceptors (Lipinski definition) is 3. The summed E-state index contributed by atoms with van der Waals surface area (Å²) in [7, 11) is 0. The molecule has 3 nitrogen and oxygen atoms in total. The number of hydrogen-bond donors (Lipinski definition) is 1. The van der Waals surface area contributed by atoms with Crippen LogP contribution >= 0.6 is 0 Å². The zero-order chi connectivity index (χ0) is 14.1. The molecule has 0 aliphatic rings. The lowest BCUT2D eigenvalue weighted by molar-refractivity contribution is -0.140. The third kappa shape index (κ3) is 7.49. The minimum atomic E-state index is -0.170. The van der Waals surface area contributed by atoms with E-state index in [1.165, 1.54) is 5.57 Å². The van der Waals surface area contributed by atoms with Gasteiger partial charge in [0.2, 0.25) is 0 Å². The Balaban J connectivity index is 4.65. The van der Waals surface area contributed by atoms with Crippen molar-refractivity contribution < 1.29 is 9.53 Å². The van der Waals surface area contributed by atoms with Gasteiger partial charge in [-0.25, -0.2) is 4.79 Å². The maximum Gasteiger partial charge on any atom is 0.333 e. The van der Waals surface area contributed by atoms with Gasteiger partial charge in [-0.1, -0.05) is 33.3 Å². The van der Waals surface area contributed by atoms with Crippen molar-refractivity contribution in [3.63, 3.8) is 0 Å². The lowest BCUT2D eigenvalue weighted by atomic mass is 9.95. The number of esters is 1. The third-order valence-corrected chi connectivity index (χ3v) is 2.72. The molecule has 106 valence electrons. The van der Waals surface area contributed by atoms with Crippen LogP contribution in [-0.4, -0.2) is 19.1 Å². The van der Waals surface area contributed by atoms with Gasteiger partial charge in [0.25, 0.3) is 0 Å². The lowest BCUT2D eigenvalue weighted by Crippen LogP contribution is -2.13. The van der Waals surface area contributed by atoms with Crippen LogP contribution in [-0.2, 0) is 9.53 Å². The predicted octanol–water partition coefficient (Wildman–Crippen LogP) is 3.29. The summed E-state index contributed by atoms with van der Waals surface area (Å²) in [5.74, 6) is 0.751. The Kier molecular flexibility index (Phi) is 8.73. The van der Waals surface area contributed by atoms with E-state index in [0.29, 0.717) is 25.0 Å². The van der Waals surface area contributed by atoms with Gasteiger partial charge < -0.3 is 10.5 Å². The fourth-order valence-corrected chi connectivity index (χ4v) is 1.75. The van der Waals surface area contributed by atoms with E-state index in [9.17, 15) is 4.79 Å². The first-order chi connectivity index (χ1) is 8.38. The SMILES string of the molecule is CC(C(=O)OCC(C)C)=C(CCCN)CC(C)C. The van der Waals surface area contributed by atoms with Crippen molar-refractivity contribution in [3.05, 3.63) is 11.1 Å². The molecule has 0 amide bonds. The first-order valence-corrected chi connectivity index (χ1v) is 6.94. The second kappa shape index (κ2) is 9.15. The van der Waals surface area contributed by atoms with Gasteiger partial charge >= 0.3 is 5.97 Å². The number of rotatable bonds is 8. The highest BCUT2D eigenvalue weighted by Gasteiger charge is 2.13. The van der Waals surface area contributed by atoms with Crippen molar-refractivity contribution in [1.82, 2.24) is 0 Å². The molecule has 0 saturated carbocycles. The largest absolute Gasteiger partial charge is 0.462 e. The van der Waals surface area contributed by atoms with Crippen LogP contribution in [0.5, 0.6) is 0 Å². The third-order valence-electron chi connectivity index (χ3n) is 2.72. The summed E-state index contributed by atoms with van der Waals surface area (Å²) in [5.41, 5.74) is 7.52. The van der Waals surface area contributed by atoms with Gasteiger partial charge in [-0.15, -0.1) is 0 Å². The summed E-state index contributed by atoms with van der Waals surface area (Å²) >= 11 is 0. The Bertz CT molecular complexity index is 280. The highest BCUT2D eigenvalue weighted by molar-refractivity contribution is 5.88. The van der Waals surface area contributed by atoms with E-state index in [1.54, 1.807) is 0 Å². The molecule has 0 aromatic carbocycles. The number of carbonyl (C=O) groups is 1. The summed E-state index contributed by atoms with van der Waals surface area (Å²) in [6.07, 6.45) is 2.77. The van der Waals surface area contributed by atoms with E-state index in [4.69, 9.17) is 10.5 Å². The second-order valence-corrected chi connectivity index (χ2v) is 5.71. The Morgan fingerprint density at radius 3 is 2.22 bits per heavy atom. The van der Waals surface area contributed by atoms with Crippen LogP contribution in [0.1, 0.15) is 53.9 Å². The van der Waals surface area contributed by atoms with E-state index < -0.39 is 0 Å². The number of carbonyl (C=O) groups excluding carboxylic acids is 1. The lowest BCUT2D eigenvalue weighted by Gasteiger charge is -2.14. The normalized spacial score (nSPS) is 12.9. The number of allylic oxidation sites excluding steroid dienone is 1. The Morgan fingerprint density at radius 1 is 1.17 bits per heavy atom. The van der Waals surface area contributed by atoms with E-state index >= 15 is 0 Å². The molecule has 0 aliphatic carbocycles. The minimum Gasteiger partial charge on any atom is -0.462 e. The molecular formula is C15H29NO2. The second-order valence-electron chi connectivity index (χ2n) is 5.71. The number of ether oxygens (including phenoxy) is 1. The minimum absolute atomic E-state index is 0.170. The summed E-state index contributed by atoms with van der Waals surface area (Å²) in [6, 6.07) is 0. The summed E-state index contributed by atoms with van der Waals surface area (Å²) in [5, 5.41) is 0. The van der Waals surface area contributed by atoms with Gasteiger partial charge in [0, 0.05) is 5.57 Å². The monoisotopic (exact) mass is 255 g/mol. The maximum atomic E-state index is 11.9. The molecule has 18 heavy (non-hydrogen) atoms. The summed E-state index contributed by atoms with van der Waals surface area (Å²) < 4.78 is 5.28.